The average Bonchev–Trinajstić information content (AvgIpc) is 3.25. The van der Waals surface area contributed by atoms with Gasteiger partial charge in [0.1, 0.15) is 0 Å². The van der Waals surface area contributed by atoms with Crippen LogP contribution in [-0.2, 0) is 27.2 Å². The number of nitrogens with one attached hydrogen (secondary N) is 2. The Morgan fingerprint density at radius 3 is 2.57 bits per heavy atom. The van der Waals surface area contributed by atoms with Gasteiger partial charge in [-0.3, -0.25) is 19.1 Å². The summed E-state index contributed by atoms with van der Waals surface area (Å²) in [7, 11) is 3.13. The molecule has 0 spiro atoms. The van der Waals surface area contributed by atoms with Crippen LogP contribution in [-0.4, -0.2) is 38.1 Å². The standard InChI is InChI=1S/C21H25N5O3.ClH/c1-24-11-16(20(28)25(2)21(24)29)13-26(17-7-8-22-10-17)12-15-9-14-5-3-4-6-18(14)23-19(15)27;/h3-6,9,11,17,22H,7-8,10,12-13H2,1-2H3,(H,23,27);1H. The smallest absolute Gasteiger partial charge is 0.322 e. The molecule has 0 bridgehead atoms. The van der Waals surface area contributed by atoms with E-state index >= 15 is 0 Å². The average molecular weight is 432 g/mol. The Labute approximate surface area is 179 Å². The monoisotopic (exact) mass is 431 g/mol. The summed E-state index contributed by atoms with van der Waals surface area (Å²) in [6, 6.07) is 9.82. The Hall–Kier alpha value is -2.68. The van der Waals surface area contributed by atoms with Crippen molar-refractivity contribution in [3.05, 3.63) is 78.8 Å². The zero-order valence-corrected chi connectivity index (χ0v) is 17.9. The quantitative estimate of drug-likeness (QED) is 0.620. The molecule has 1 saturated heterocycles. The molecule has 3 aromatic rings. The summed E-state index contributed by atoms with van der Waals surface area (Å²) in [6.45, 7) is 2.51. The maximum absolute atomic E-state index is 12.6. The van der Waals surface area contributed by atoms with Gasteiger partial charge < -0.3 is 14.9 Å². The van der Waals surface area contributed by atoms with E-state index in [0.717, 1.165) is 35.0 Å². The predicted molar refractivity (Wildman–Crippen MR) is 119 cm³/mol. The van der Waals surface area contributed by atoms with Crippen LogP contribution < -0.4 is 22.1 Å². The zero-order valence-electron chi connectivity index (χ0n) is 17.1. The number of rotatable bonds is 5. The highest BCUT2D eigenvalue weighted by Crippen LogP contribution is 2.17. The second-order valence-electron chi connectivity index (χ2n) is 7.67. The lowest BCUT2D eigenvalue weighted by Gasteiger charge is -2.28. The fraction of sp³-hybridized carbons (Fsp3) is 0.381. The van der Waals surface area contributed by atoms with E-state index in [9.17, 15) is 14.4 Å². The molecule has 3 heterocycles. The van der Waals surface area contributed by atoms with Crippen molar-refractivity contribution >= 4 is 23.3 Å². The Bertz CT molecular complexity index is 1220. The van der Waals surface area contributed by atoms with E-state index in [1.807, 2.05) is 30.3 Å². The molecule has 8 nitrogen and oxygen atoms in total. The molecule has 1 aliphatic rings. The van der Waals surface area contributed by atoms with Gasteiger partial charge in [0, 0.05) is 62.6 Å². The van der Waals surface area contributed by atoms with E-state index in [4.69, 9.17) is 0 Å². The molecule has 30 heavy (non-hydrogen) atoms. The second kappa shape index (κ2) is 8.99. The number of pyridine rings is 1. The van der Waals surface area contributed by atoms with Gasteiger partial charge in [-0.05, 0) is 30.5 Å². The molecule has 2 N–H and O–H groups in total. The highest BCUT2D eigenvalue weighted by molar-refractivity contribution is 5.85. The fourth-order valence-corrected chi connectivity index (χ4v) is 4.00. The molecule has 1 aliphatic heterocycles. The summed E-state index contributed by atoms with van der Waals surface area (Å²) in [5, 5.41) is 4.33. The van der Waals surface area contributed by atoms with E-state index in [1.165, 1.54) is 11.6 Å². The number of aryl methyl sites for hydroxylation is 1. The number of nitrogens with zero attached hydrogens (tertiary/aromatic N) is 3. The third kappa shape index (κ3) is 4.26. The van der Waals surface area contributed by atoms with Crippen LogP contribution in [0, 0.1) is 0 Å². The summed E-state index contributed by atoms with van der Waals surface area (Å²) in [5.74, 6) is 0. The number of hydrogen-bond donors (Lipinski definition) is 2. The number of H-pyrrole nitrogens is 1. The van der Waals surface area contributed by atoms with Crippen molar-refractivity contribution in [3.8, 4) is 0 Å². The molecule has 1 unspecified atom stereocenters. The first-order chi connectivity index (χ1) is 13.9. The Morgan fingerprint density at radius 2 is 1.83 bits per heavy atom. The molecule has 0 aliphatic carbocycles. The van der Waals surface area contributed by atoms with Crippen LogP contribution in [0.25, 0.3) is 10.9 Å². The van der Waals surface area contributed by atoms with Gasteiger partial charge in [-0.2, -0.15) is 0 Å². The van der Waals surface area contributed by atoms with Crippen LogP contribution in [0.4, 0.5) is 0 Å². The van der Waals surface area contributed by atoms with Gasteiger partial charge in [0.25, 0.3) is 11.1 Å². The van der Waals surface area contributed by atoms with Crippen LogP contribution in [0.1, 0.15) is 17.5 Å². The summed E-state index contributed by atoms with van der Waals surface area (Å²) < 4.78 is 2.55. The van der Waals surface area contributed by atoms with Crippen molar-refractivity contribution < 1.29 is 0 Å². The van der Waals surface area contributed by atoms with Crippen LogP contribution in [0.2, 0.25) is 0 Å². The van der Waals surface area contributed by atoms with Gasteiger partial charge in [-0.25, -0.2) is 4.79 Å². The van der Waals surface area contributed by atoms with Crippen molar-refractivity contribution in [3.63, 3.8) is 0 Å². The molecule has 160 valence electrons. The molecule has 1 atom stereocenters. The van der Waals surface area contributed by atoms with Crippen molar-refractivity contribution in [2.45, 2.75) is 25.6 Å². The van der Waals surface area contributed by atoms with Crippen molar-refractivity contribution in [1.29, 1.82) is 0 Å². The number of aromatic amines is 1. The van der Waals surface area contributed by atoms with Gasteiger partial charge in [0.05, 0.1) is 0 Å². The summed E-state index contributed by atoms with van der Waals surface area (Å²) in [5.41, 5.74) is 1.25. The van der Waals surface area contributed by atoms with Crippen LogP contribution in [0.15, 0.2) is 50.9 Å². The first-order valence-corrected chi connectivity index (χ1v) is 9.75. The van der Waals surface area contributed by atoms with Crippen molar-refractivity contribution in [2.24, 2.45) is 14.1 Å². The number of fused-ring (bicyclic) bond motifs is 1. The van der Waals surface area contributed by atoms with E-state index in [-0.39, 0.29) is 35.3 Å². The van der Waals surface area contributed by atoms with Crippen LogP contribution in [0.3, 0.4) is 0 Å². The topological polar surface area (TPSA) is 92.1 Å². The number of aromatic nitrogens is 3. The Morgan fingerprint density at radius 1 is 1.10 bits per heavy atom. The first-order valence-electron chi connectivity index (χ1n) is 9.75. The molecule has 1 aromatic carbocycles. The number of benzene rings is 1. The lowest BCUT2D eigenvalue weighted by molar-refractivity contribution is 0.188. The third-order valence-electron chi connectivity index (χ3n) is 5.65. The summed E-state index contributed by atoms with van der Waals surface area (Å²) >= 11 is 0. The van der Waals surface area contributed by atoms with Gasteiger partial charge in [0.2, 0.25) is 0 Å². The third-order valence-corrected chi connectivity index (χ3v) is 5.65. The minimum absolute atomic E-state index is 0. The molecule has 0 amide bonds. The maximum Gasteiger partial charge on any atom is 0.330 e. The van der Waals surface area contributed by atoms with E-state index in [1.54, 1.807) is 13.2 Å². The van der Waals surface area contributed by atoms with E-state index in [0.29, 0.717) is 24.2 Å². The first kappa shape index (κ1) is 22.0. The summed E-state index contributed by atoms with van der Waals surface area (Å²) in [4.78, 5) is 42.4. The normalized spacial score (nSPS) is 16.2. The highest BCUT2D eigenvalue weighted by atomic mass is 35.5. The Kier molecular flexibility index (Phi) is 6.60. The fourth-order valence-electron chi connectivity index (χ4n) is 4.00. The molecule has 1 fully saturated rings. The Balaban J connectivity index is 0.00000256. The highest BCUT2D eigenvalue weighted by Gasteiger charge is 2.25. The molecule has 4 rings (SSSR count). The molecule has 0 radical (unpaired) electrons. The lowest BCUT2D eigenvalue weighted by atomic mass is 10.1. The van der Waals surface area contributed by atoms with E-state index < -0.39 is 0 Å². The molecular formula is C21H26ClN5O3. The minimum Gasteiger partial charge on any atom is -0.322 e. The van der Waals surface area contributed by atoms with Gasteiger partial charge in [-0.1, -0.05) is 18.2 Å². The number of para-hydroxylation sites is 1. The molecule has 0 saturated carbocycles. The SMILES string of the molecule is Cl.Cn1cc(CN(Cc2cc3ccccc3[nH]c2=O)C2CCNC2)c(=O)n(C)c1=O. The second-order valence-corrected chi connectivity index (χ2v) is 7.67. The van der Waals surface area contributed by atoms with Crippen molar-refractivity contribution in [1.82, 2.24) is 24.3 Å². The van der Waals surface area contributed by atoms with Crippen molar-refractivity contribution in [2.75, 3.05) is 13.1 Å². The van der Waals surface area contributed by atoms with E-state index in [2.05, 4.69) is 15.2 Å². The van der Waals surface area contributed by atoms with Gasteiger partial charge >= 0.3 is 5.69 Å². The number of halogens is 1. The molecule has 2 aromatic heterocycles. The lowest BCUT2D eigenvalue weighted by Crippen LogP contribution is -2.42. The predicted octanol–water partition coefficient (Wildman–Crippen LogP) is 0.711. The van der Waals surface area contributed by atoms with Crippen LogP contribution >= 0.6 is 12.4 Å². The van der Waals surface area contributed by atoms with Gasteiger partial charge in [0.15, 0.2) is 0 Å². The van der Waals surface area contributed by atoms with Gasteiger partial charge in [-0.15, -0.1) is 12.4 Å². The zero-order chi connectivity index (χ0) is 20.5. The maximum atomic E-state index is 12.6. The molecule has 9 heteroatoms. The summed E-state index contributed by atoms with van der Waals surface area (Å²) in [6.07, 6.45) is 2.54. The number of hydrogen-bond acceptors (Lipinski definition) is 5. The van der Waals surface area contributed by atoms with Crippen LogP contribution in [0.5, 0.6) is 0 Å². The largest absolute Gasteiger partial charge is 0.330 e. The molecular weight excluding hydrogens is 406 g/mol. The minimum atomic E-state index is -0.348.